The van der Waals surface area contributed by atoms with Gasteiger partial charge in [-0.15, -0.1) is 0 Å². The van der Waals surface area contributed by atoms with Crippen LogP contribution in [0.5, 0.6) is 0 Å². The molecule has 439 valence electrons. The smallest absolute Gasteiger partial charge is 1.00 e. The van der Waals surface area contributed by atoms with Gasteiger partial charge in [-0.05, 0) is 165 Å². The van der Waals surface area contributed by atoms with E-state index in [4.69, 9.17) is 232 Å². The van der Waals surface area contributed by atoms with Gasteiger partial charge in [0.15, 0.2) is 5.78 Å². The first-order valence-electron chi connectivity index (χ1n) is 98.0. The van der Waals surface area contributed by atoms with Crippen molar-refractivity contribution >= 4 is 25.2 Å². The molecule has 1 N–H and O–H groups in total. The molecule has 4 fully saturated rings. The van der Waals surface area contributed by atoms with Crippen LogP contribution >= 0.6 is 0 Å². The second-order valence-corrected chi connectivity index (χ2v) is 16.3. The number of hydrogen-bond donors (Lipinski definition) is 1. The molecule has 6 nitrogen and oxygen atoms in total. The Balaban J connectivity index is -0.0000000139. The first-order valence-corrected chi connectivity index (χ1v) is 20.0. The van der Waals surface area contributed by atoms with Crippen molar-refractivity contribution in [3.63, 3.8) is 0 Å². The summed E-state index contributed by atoms with van der Waals surface area (Å²) in [6.07, 6.45) is 19.2. The molecule has 0 saturated heterocycles. The third-order valence-electron chi connectivity index (χ3n) is 12.8. The molecule has 0 bridgehead atoms. The van der Waals surface area contributed by atoms with E-state index in [1.165, 1.54) is 48.9 Å². The third kappa shape index (κ3) is 8.48. The number of nitrogens with zero attached hydrogens (tertiary/aromatic N) is 4. The Morgan fingerprint density at radius 3 is 1.71 bits per heavy atom. The standard InChI is InChI=1S/C23H25FN2O.C23H23FN2O.B.Na.78H2.H/c2*24-19-3-1-2-18(12-19)15-4-8-17(9-5-15)23(27)22-21(16-6-7-16)11-10-20-13-25-14-26(20)22;;;;;;;;;;;;;;;;;;;;;;;;;;;;;;;;;;;;;;;;;;;;;;;;;;;;;;;;;;;;;;;;;;;;;;;;;;;;;;;;;/h1-3,10-17,23,27H,4-9H2;1-3,10-17H,4-9H2;;;78*1H;/q;;;+1;;;;;;;;;;;;;;;;;;;;;;;;;;;;;;;;;;;;;;;;;;;;;;;;;;;;;;;;;;;;;;;;;;;;;;;;;;;;;;;-1/i;;;;78*1+1D;. The molecule has 6 aromatic rings. The van der Waals surface area contributed by atoms with E-state index in [1.54, 1.807) is 30.6 Å². The van der Waals surface area contributed by atoms with Crippen LogP contribution in [-0.2, 0) is 0 Å². The molecule has 10 heteroatoms. The van der Waals surface area contributed by atoms with Gasteiger partial charge in [-0.1, -0.05) is 36.4 Å². The van der Waals surface area contributed by atoms with Gasteiger partial charge in [0.05, 0.1) is 53.6 Å². The maximum Gasteiger partial charge on any atom is 1.00 e. The maximum atomic E-state index is 13.5. The van der Waals surface area contributed by atoms with Crippen molar-refractivity contribution in [2.75, 3.05) is 0 Å². The summed E-state index contributed by atoms with van der Waals surface area (Å²) in [5, 5.41) is 11.3. The van der Waals surface area contributed by atoms with E-state index >= 15 is 0 Å². The van der Waals surface area contributed by atoms with E-state index in [0.29, 0.717) is 23.7 Å². The number of aliphatic hydroxyl groups excluding tert-OH is 1. The molecule has 0 spiro atoms. The van der Waals surface area contributed by atoms with Gasteiger partial charge < -0.3 is 10.9 Å². The van der Waals surface area contributed by atoms with Crippen LogP contribution in [0.15, 0.2) is 97.8 Å². The number of imidazole rings is 2. The predicted molar refractivity (Wildman–Crippen MR) is 378 cm³/mol. The van der Waals surface area contributed by atoms with Gasteiger partial charge in [0.2, 0.25) is 0 Å². The molecule has 4 saturated carbocycles. The summed E-state index contributed by atoms with van der Waals surface area (Å²) in [4.78, 5) is 22.0. The fourth-order valence-electron chi connectivity index (χ4n) is 9.47. The summed E-state index contributed by atoms with van der Waals surface area (Å²) < 4.78 is 811. The first-order chi connectivity index (χ1) is 104. The van der Waals surface area contributed by atoms with Crippen molar-refractivity contribution in [2.45, 2.75) is 107 Å². The Kier molecular flexibility index (Phi) is 2.32. The zero-order valence-corrected chi connectivity index (χ0v) is 34.2. The molecule has 1 atom stereocenters. The fraction of sp³-hybridized carbons (Fsp3) is 0.413. The maximum absolute atomic E-state index is 13.5. The number of halogens is 2. The van der Waals surface area contributed by atoms with Gasteiger partial charge in [0, 0.05) is 246 Å². The van der Waals surface area contributed by atoms with Gasteiger partial charge in [-0.25, -0.2) is 18.7 Å². The quantitative estimate of drug-likeness (QED) is 0.122. The summed E-state index contributed by atoms with van der Waals surface area (Å²) in [6, 6.07) is 22.4. The number of aromatic nitrogens is 4. The third-order valence-corrected chi connectivity index (χ3v) is 12.8. The minimum absolute atomic E-state index is 0. The normalized spacial score (nSPS) is 33.8. The Labute approximate surface area is 594 Å². The summed E-state index contributed by atoms with van der Waals surface area (Å²) >= 11 is 0. The molecule has 4 aromatic heterocycles. The average molecular weight is 1080 g/mol. The molecule has 56 heavy (non-hydrogen) atoms. The molecule has 1 unspecified atom stereocenters. The van der Waals surface area contributed by atoms with Crippen molar-refractivity contribution in [2.24, 2.45) is 11.8 Å². The summed E-state index contributed by atoms with van der Waals surface area (Å²) in [5.41, 5.74) is 8.56. The number of carbonyl (C=O) groups is 1. The topological polar surface area (TPSA) is 71.9 Å². The zero-order chi connectivity index (χ0) is 193. The molecule has 0 aliphatic heterocycles. The average Bonchev–Trinajstić information content (AvgIpc) is 1.62. The fourth-order valence-corrected chi connectivity index (χ4v) is 9.47. The van der Waals surface area contributed by atoms with Gasteiger partial charge in [-0.2, -0.15) is 0 Å². The van der Waals surface area contributed by atoms with Gasteiger partial charge in [0.1, 0.15) is 11.6 Å². The molecule has 4 aliphatic carbocycles. The summed E-state index contributed by atoms with van der Waals surface area (Å²) in [5.74, 6) is 2.11. The van der Waals surface area contributed by atoms with Crippen LogP contribution < -0.4 is 29.6 Å². The second kappa shape index (κ2) is 17.5. The number of Topliss-reactive ketones (excluding diaryl/α,β-unsaturated/α-hetero) is 1. The molecular weight excluding hydrogens is 712 g/mol. The number of hydrogen-bond acceptors (Lipinski definition) is 4. The molecule has 4 aliphatic rings. The number of carbonyl (C=O) groups excluding carboxylic acids is 1. The van der Waals surface area contributed by atoms with Crippen molar-refractivity contribution in [1.82, 2.24) is 18.8 Å². The molecule has 2 aromatic carbocycles. The molecule has 10 rings (SSSR count). The van der Waals surface area contributed by atoms with E-state index in [1.807, 2.05) is 35.3 Å². The van der Waals surface area contributed by atoms with Gasteiger partial charge in [0.25, 0.3) is 0 Å². The Morgan fingerprint density at radius 1 is 0.679 bits per heavy atom. The SMILES string of the molecule is O=C(c1c(C2CC2)ccc2cncn12)C1CCC(c2cccc(F)c2)CC1.OC(c1c(C2CC2)ccc2cncn12)C1CCC(c2cccc(F)c2)CC1.[2H][2H].[2H][2H].[2H][2H].[2H][2H].[2H][2H].[2H][2H].[2H][2H].[2H][2H].[2H][2H].[2H][2H].[2H][2H].[2H][2H].[2H][2H].[2H][2H].[2H][2H].[2H][2H].[2H][2H].[2H][2H].[2H][2H].[2H][2H].[2H][2H].[2H][2H].[2H][2H].[2H][2H].[2H][2H].[2H][2H].[2H][2H].[2H][2H].[2H][2H].[2H][2H].[2H][2H].[2H][2H].[2H][2H].[2H][2H].[2H][2H].[2H][2H].[2H][2H].[2H][2H].[2H][2H].[2H][2H].[2H][2H].[2H][2H].[2H][2H].[2H][2H].[2H][2H].[2H][2H].[2H][2H].[2H][2H].[2H][2H].[2H][2H].[2H][2H].[2H][2H].[2H][2H].[2H][2H].[2H][2H].[2H][2H].[2H][2H].[2H][2H].[2H][2H].[2H][2H].[2H][2H].[2H][2H].[2H][2H].[2H][2H].[2H][2H].[2H][2H].[2H][2H].[2H][2H].[2H][2H].[2H][2H].[2H][2H].[2H][2H].[2H][2H].[2H][2H].[2H][2H].[2H][2H].[2H][2H].[2H][2H].[B].[H-].[Na+]. The van der Waals surface area contributed by atoms with Crippen molar-refractivity contribution in [3.05, 3.63) is 143 Å². The second-order valence-electron chi connectivity index (χ2n) is 16.3. The van der Waals surface area contributed by atoms with Crippen LogP contribution in [-0.4, -0.2) is 38.1 Å². The van der Waals surface area contributed by atoms with Crippen LogP contribution in [0.4, 0.5) is 8.78 Å². The van der Waals surface area contributed by atoms with Crippen LogP contribution in [0.3, 0.4) is 0 Å². The largest absolute Gasteiger partial charge is 1.00 e. The van der Waals surface area contributed by atoms with Gasteiger partial charge >= 0.3 is 29.6 Å². The van der Waals surface area contributed by atoms with Crippen molar-refractivity contribution < 1.29 is 281 Å². The number of rotatable bonds is 8. The zero-order valence-electron chi connectivity index (χ0n) is 189. The van der Waals surface area contributed by atoms with Crippen LogP contribution in [0.2, 0.25) is 0 Å². The van der Waals surface area contributed by atoms with Crippen LogP contribution in [0, 0.1) is 23.5 Å². The monoisotopic (exact) mass is 1080 g/mol. The van der Waals surface area contributed by atoms with E-state index < -0.39 is 6.10 Å². The van der Waals surface area contributed by atoms with Crippen LogP contribution in [0.25, 0.3) is 11.0 Å². The first kappa shape index (κ1) is 7.43. The Bertz CT molecular complexity index is 2460. The van der Waals surface area contributed by atoms with E-state index in [9.17, 15) is 18.7 Å². The number of fused-ring (bicyclic) bond motifs is 2. The van der Waals surface area contributed by atoms with E-state index in [-0.39, 0.29) is 68.7 Å². The molecule has 3 radical (unpaired) electrons. The Hall–Kier alpha value is -3.63. The molecule has 0 amide bonds. The minimum Gasteiger partial charge on any atom is -1.00 e. The predicted octanol–water partition coefficient (Wildman–Crippen LogP) is 26.8. The summed E-state index contributed by atoms with van der Waals surface area (Å²) in [6.45, 7) is 0. The van der Waals surface area contributed by atoms with E-state index in [2.05, 4.69) is 38.6 Å². The van der Waals surface area contributed by atoms with Crippen LogP contribution in [0.1, 0.15) is 378 Å². The number of pyridine rings is 2. The minimum atomic E-state index is -0.466. The number of benzene rings is 2. The Morgan fingerprint density at radius 2 is 1.16 bits per heavy atom. The van der Waals surface area contributed by atoms with Gasteiger partial charge in [-0.3, -0.25) is 9.20 Å². The van der Waals surface area contributed by atoms with Crippen molar-refractivity contribution in [3.8, 4) is 0 Å². The molecular formula is C46H205BF2N4NaO2. The molecule has 4 heterocycles. The van der Waals surface area contributed by atoms with Crippen molar-refractivity contribution in [1.29, 1.82) is 0 Å². The van der Waals surface area contributed by atoms with E-state index in [0.717, 1.165) is 84.9 Å². The number of ketones is 1. The summed E-state index contributed by atoms with van der Waals surface area (Å²) in [7, 11) is 0. The number of aliphatic hydroxyl groups is 1.